The summed E-state index contributed by atoms with van der Waals surface area (Å²) in [5.74, 6) is 0. The van der Waals surface area contributed by atoms with E-state index in [1.807, 2.05) is 30.3 Å². The Labute approximate surface area is 127 Å². The summed E-state index contributed by atoms with van der Waals surface area (Å²) in [5.41, 5.74) is 2.81. The maximum Gasteiger partial charge on any atom is 0.135 e. The zero-order valence-electron chi connectivity index (χ0n) is 11.4. The van der Waals surface area contributed by atoms with E-state index < -0.39 is 0 Å². The minimum absolute atomic E-state index is 0.101. The quantitative estimate of drug-likeness (QED) is 0.662. The van der Waals surface area contributed by atoms with E-state index in [0.717, 1.165) is 27.5 Å². The molecule has 0 saturated carbocycles. The van der Waals surface area contributed by atoms with E-state index in [0.29, 0.717) is 19.8 Å². The second kappa shape index (κ2) is 5.34. The Hall–Kier alpha value is -1.55. The lowest BCUT2D eigenvalue weighted by Gasteiger charge is -2.27. The van der Waals surface area contributed by atoms with Crippen LogP contribution in [0, 0.1) is 0 Å². The molecule has 1 aliphatic rings. The van der Waals surface area contributed by atoms with Gasteiger partial charge in [-0.1, -0.05) is 24.3 Å². The van der Waals surface area contributed by atoms with Crippen LogP contribution in [0.1, 0.15) is 10.9 Å². The first-order valence-electron chi connectivity index (χ1n) is 7.07. The van der Waals surface area contributed by atoms with Gasteiger partial charge in [-0.2, -0.15) is 0 Å². The number of para-hydroxylation sites is 1. The third-order valence-corrected chi connectivity index (χ3v) is 4.42. The van der Waals surface area contributed by atoms with Crippen molar-refractivity contribution in [1.82, 2.24) is 0 Å². The van der Waals surface area contributed by atoms with Gasteiger partial charge in [0.25, 0.3) is 0 Å². The first-order valence-corrected chi connectivity index (χ1v) is 7.51. The molecule has 0 aliphatic carbocycles. The first-order chi connectivity index (χ1) is 10.3. The van der Waals surface area contributed by atoms with Crippen molar-refractivity contribution in [2.75, 3.05) is 19.8 Å². The molecule has 3 aromatic rings. The van der Waals surface area contributed by atoms with Crippen LogP contribution in [0.25, 0.3) is 21.9 Å². The van der Waals surface area contributed by atoms with E-state index in [4.69, 9.17) is 25.5 Å². The Morgan fingerprint density at radius 1 is 1.00 bits per heavy atom. The van der Waals surface area contributed by atoms with Crippen LogP contribution in [-0.4, -0.2) is 25.9 Å². The topological polar surface area (TPSA) is 31.6 Å². The molecular formula is C17H15ClO3. The van der Waals surface area contributed by atoms with Crippen molar-refractivity contribution in [3.05, 3.63) is 48.0 Å². The second-order valence-corrected chi connectivity index (χ2v) is 5.71. The van der Waals surface area contributed by atoms with E-state index in [-0.39, 0.29) is 11.5 Å². The summed E-state index contributed by atoms with van der Waals surface area (Å²) in [6, 6.07) is 14.1. The highest BCUT2D eigenvalue weighted by Gasteiger charge is 2.25. The second-order valence-electron chi connectivity index (χ2n) is 5.24. The average Bonchev–Trinajstić information content (AvgIpc) is 2.93. The van der Waals surface area contributed by atoms with Gasteiger partial charge in [-0.05, 0) is 23.8 Å². The molecule has 1 fully saturated rings. The molecule has 4 heteroatoms. The fourth-order valence-electron chi connectivity index (χ4n) is 2.80. The Balaban J connectivity index is 1.76. The summed E-state index contributed by atoms with van der Waals surface area (Å²) in [6.07, 6.45) is -0.101. The summed E-state index contributed by atoms with van der Waals surface area (Å²) in [7, 11) is 0. The normalized spacial score (nSPS) is 20.9. The molecule has 21 heavy (non-hydrogen) atoms. The third kappa shape index (κ3) is 2.31. The van der Waals surface area contributed by atoms with E-state index >= 15 is 0 Å². The largest absolute Gasteiger partial charge is 0.456 e. The van der Waals surface area contributed by atoms with Crippen LogP contribution in [0.2, 0.25) is 0 Å². The van der Waals surface area contributed by atoms with Crippen LogP contribution in [0.15, 0.2) is 46.9 Å². The van der Waals surface area contributed by atoms with Crippen LogP contribution in [0.5, 0.6) is 0 Å². The van der Waals surface area contributed by atoms with Crippen molar-refractivity contribution in [1.29, 1.82) is 0 Å². The highest BCUT2D eigenvalue weighted by atomic mass is 35.5. The Morgan fingerprint density at radius 3 is 2.71 bits per heavy atom. The minimum Gasteiger partial charge on any atom is -0.456 e. The number of rotatable bonds is 2. The van der Waals surface area contributed by atoms with Gasteiger partial charge < -0.3 is 13.9 Å². The van der Waals surface area contributed by atoms with Crippen molar-refractivity contribution in [2.45, 2.75) is 11.5 Å². The maximum absolute atomic E-state index is 6.57. The molecule has 0 bridgehead atoms. The van der Waals surface area contributed by atoms with E-state index in [2.05, 4.69) is 12.1 Å². The molecular weight excluding hydrogens is 288 g/mol. The molecule has 0 amide bonds. The summed E-state index contributed by atoms with van der Waals surface area (Å²) >= 11 is 6.57. The summed E-state index contributed by atoms with van der Waals surface area (Å²) in [5, 5.41) is 1.98. The SMILES string of the molecule is ClC(c1ccc2oc3ccccc3c2c1)C1COCCO1. The van der Waals surface area contributed by atoms with Crippen LogP contribution in [0.3, 0.4) is 0 Å². The van der Waals surface area contributed by atoms with E-state index in [9.17, 15) is 0 Å². The number of ether oxygens (including phenoxy) is 2. The molecule has 2 atom stereocenters. The number of fused-ring (bicyclic) bond motifs is 3. The van der Waals surface area contributed by atoms with Crippen molar-refractivity contribution < 1.29 is 13.9 Å². The number of hydrogen-bond donors (Lipinski definition) is 0. The van der Waals surface area contributed by atoms with Crippen molar-refractivity contribution in [2.24, 2.45) is 0 Å². The lowest BCUT2D eigenvalue weighted by molar-refractivity contribution is -0.0892. The lowest BCUT2D eigenvalue weighted by Crippen LogP contribution is -2.31. The molecule has 2 heterocycles. The van der Waals surface area contributed by atoms with Gasteiger partial charge in [0.2, 0.25) is 0 Å². The molecule has 0 radical (unpaired) electrons. The molecule has 2 unspecified atom stereocenters. The highest BCUT2D eigenvalue weighted by molar-refractivity contribution is 6.21. The van der Waals surface area contributed by atoms with Gasteiger partial charge in [0.15, 0.2) is 0 Å². The van der Waals surface area contributed by atoms with Gasteiger partial charge in [-0.15, -0.1) is 11.6 Å². The Morgan fingerprint density at radius 2 is 1.86 bits per heavy atom. The fraction of sp³-hybridized carbons (Fsp3) is 0.294. The van der Waals surface area contributed by atoms with Crippen LogP contribution < -0.4 is 0 Å². The molecule has 2 aromatic carbocycles. The van der Waals surface area contributed by atoms with Crippen molar-refractivity contribution in [3.8, 4) is 0 Å². The van der Waals surface area contributed by atoms with Crippen LogP contribution >= 0.6 is 11.6 Å². The van der Waals surface area contributed by atoms with Gasteiger partial charge in [0, 0.05) is 10.8 Å². The molecule has 4 rings (SSSR count). The Bertz CT molecular complexity index is 774. The average molecular weight is 303 g/mol. The maximum atomic E-state index is 6.57. The van der Waals surface area contributed by atoms with Crippen molar-refractivity contribution >= 4 is 33.5 Å². The molecule has 0 N–H and O–H groups in total. The zero-order chi connectivity index (χ0) is 14.2. The Kier molecular flexibility index (Phi) is 3.34. The monoisotopic (exact) mass is 302 g/mol. The van der Waals surface area contributed by atoms with E-state index in [1.165, 1.54) is 0 Å². The van der Waals surface area contributed by atoms with Crippen LogP contribution in [0.4, 0.5) is 0 Å². The van der Waals surface area contributed by atoms with Crippen LogP contribution in [-0.2, 0) is 9.47 Å². The number of halogens is 1. The van der Waals surface area contributed by atoms with Gasteiger partial charge in [-0.25, -0.2) is 0 Å². The van der Waals surface area contributed by atoms with Gasteiger partial charge >= 0.3 is 0 Å². The number of alkyl halides is 1. The summed E-state index contributed by atoms with van der Waals surface area (Å²) < 4.78 is 17.0. The first kappa shape index (κ1) is 13.1. The minimum atomic E-state index is -0.219. The molecule has 1 aliphatic heterocycles. The summed E-state index contributed by atoms with van der Waals surface area (Å²) in [4.78, 5) is 0. The molecule has 3 nitrogen and oxygen atoms in total. The van der Waals surface area contributed by atoms with Gasteiger partial charge in [0.1, 0.15) is 17.3 Å². The van der Waals surface area contributed by atoms with Crippen molar-refractivity contribution in [3.63, 3.8) is 0 Å². The molecule has 1 aromatic heterocycles. The fourth-order valence-corrected chi connectivity index (χ4v) is 3.09. The highest BCUT2D eigenvalue weighted by Crippen LogP contribution is 2.34. The number of hydrogen-bond acceptors (Lipinski definition) is 3. The number of furan rings is 1. The molecule has 108 valence electrons. The van der Waals surface area contributed by atoms with Gasteiger partial charge in [0.05, 0.1) is 25.2 Å². The number of benzene rings is 2. The zero-order valence-corrected chi connectivity index (χ0v) is 12.2. The molecule has 0 spiro atoms. The molecule has 1 saturated heterocycles. The lowest BCUT2D eigenvalue weighted by atomic mass is 10.0. The predicted molar refractivity (Wildman–Crippen MR) is 82.9 cm³/mol. The standard InChI is InChI=1S/C17H15ClO3/c18-17(16-10-19-7-8-20-16)11-5-6-15-13(9-11)12-3-1-2-4-14(12)21-15/h1-6,9,16-17H,7-8,10H2. The third-order valence-electron chi connectivity index (χ3n) is 3.89. The van der Waals surface area contributed by atoms with Gasteiger partial charge in [-0.3, -0.25) is 0 Å². The van der Waals surface area contributed by atoms with E-state index in [1.54, 1.807) is 0 Å². The smallest absolute Gasteiger partial charge is 0.135 e. The predicted octanol–water partition coefficient (Wildman–Crippen LogP) is 4.28. The summed E-state index contributed by atoms with van der Waals surface area (Å²) in [6.45, 7) is 1.79.